The van der Waals surface area contributed by atoms with E-state index in [1.54, 1.807) is 0 Å². The molecular weight excluding hydrogens is 228 g/mol. The van der Waals surface area contributed by atoms with E-state index in [1.807, 2.05) is 11.8 Å². The Morgan fingerprint density at radius 2 is 1.94 bits per heavy atom. The average molecular weight is 250 g/mol. The van der Waals surface area contributed by atoms with Gasteiger partial charge in [-0.1, -0.05) is 18.2 Å². The summed E-state index contributed by atoms with van der Waals surface area (Å²) >= 11 is 2.04. The van der Waals surface area contributed by atoms with Gasteiger partial charge in [-0.3, -0.25) is 0 Å². The number of hydrogen-bond donors (Lipinski definition) is 1. The van der Waals surface area contributed by atoms with Crippen LogP contribution < -0.4 is 0 Å². The summed E-state index contributed by atoms with van der Waals surface area (Å²) in [5.41, 5.74) is 3.67. The molecule has 1 unspecified atom stereocenters. The summed E-state index contributed by atoms with van der Waals surface area (Å²) in [5, 5.41) is 10.3. The van der Waals surface area contributed by atoms with E-state index in [1.165, 1.54) is 35.5 Å². The fraction of sp³-hybridized carbons (Fsp3) is 0.600. The minimum absolute atomic E-state index is 0.276. The van der Waals surface area contributed by atoms with E-state index in [9.17, 15) is 5.11 Å². The minimum atomic E-state index is -0.276. The van der Waals surface area contributed by atoms with Crippen molar-refractivity contribution in [2.75, 3.05) is 11.5 Å². The summed E-state index contributed by atoms with van der Waals surface area (Å²) in [6.45, 7) is 4.23. The molecule has 1 aromatic rings. The van der Waals surface area contributed by atoms with Crippen molar-refractivity contribution < 1.29 is 5.11 Å². The van der Waals surface area contributed by atoms with Gasteiger partial charge in [-0.25, -0.2) is 0 Å². The zero-order valence-corrected chi connectivity index (χ0v) is 11.6. The molecule has 2 heteroatoms. The third-order valence-electron chi connectivity index (χ3n) is 3.81. The number of aryl methyl sites for hydroxylation is 2. The highest BCUT2D eigenvalue weighted by Crippen LogP contribution is 2.31. The molecule has 1 aliphatic heterocycles. The molecule has 0 spiro atoms. The molecule has 0 radical (unpaired) electrons. The van der Waals surface area contributed by atoms with Crippen LogP contribution in [-0.4, -0.2) is 16.6 Å². The smallest absolute Gasteiger partial charge is 0.0792 e. The third-order valence-corrected chi connectivity index (χ3v) is 4.86. The zero-order chi connectivity index (χ0) is 12.3. The quantitative estimate of drug-likeness (QED) is 0.878. The molecule has 17 heavy (non-hydrogen) atoms. The maximum atomic E-state index is 10.3. The SMILES string of the molecule is Cc1ccc(C(O)CC2CCSCC2)cc1C. The summed E-state index contributed by atoms with van der Waals surface area (Å²) in [4.78, 5) is 0. The van der Waals surface area contributed by atoms with Crippen LogP contribution in [0.2, 0.25) is 0 Å². The molecule has 0 bridgehead atoms. The van der Waals surface area contributed by atoms with Crippen molar-refractivity contribution in [2.24, 2.45) is 5.92 Å². The molecule has 2 rings (SSSR count). The Hall–Kier alpha value is -0.470. The first-order valence-electron chi connectivity index (χ1n) is 6.50. The first kappa shape index (κ1) is 13.0. The number of aliphatic hydroxyl groups excluding tert-OH is 1. The Labute approximate surface area is 109 Å². The predicted octanol–water partition coefficient (Wildman–Crippen LogP) is 3.87. The van der Waals surface area contributed by atoms with Crippen molar-refractivity contribution in [3.05, 3.63) is 34.9 Å². The van der Waals surface area contributed by atoms with Gasteiger partial charge in [0.2, 0.25) is 0 Å². The molecule has 94 valence electrons. The third kappa shape index (κ3) is 3.49. The van der Waals surface area contributed by atoms with Gasteiger partial charge in [-0.2, -0.15) is 11.8 Å². The van der Waals surface area contributed by atoms with Gasteiger partial charge >= 0.3 is 0 Å². The Bertz CT molecular complexity index is 369. The van der Waals surface area contributed by atoms with E-state index in [4.69, 9.17) is 0 Å². The topological polar surface area (TPSA) is 20.2 Å². The highest BCUT2D eigenvalue weighted by atomic mass is 32.2. The van der Waals surface area contributed by atoms with Crippen molar-refractivity contribution in [3.63, 3.8) is 0 Å². The van der Waals surface area contributed by atoms with Gasteiger partial charge in [-0.15, -0.1) is 0 Å². The standard InChI is InChI=1S/C15H22OS/c1-11-3-4-14(9-12(11)2)15(16)10-13-5-7-17-8-6-13/h3-4,9,13,15-16H,5-8,10H2,1-2H3. The van der Waals surface area contributed by atoms with Crippen LogP contribution in [-0.2, 0) is 0 Å². The molecule has 1 atom stereocenters. The molecule has 0 aromatic heterocycles. The molecule has 0 aliphatic carbocycles. The fourth-order valence-electron chi connectivity index (χ4n) is 2.41. The number of benzene rings is 1. The highest BCUT2D eigenvalue weighted by Gasteiger charge is 2.18. The van der Waals surface area contributed by atoms with Crippen LogP contribution in [0.5, 0.6) is 0 Å². The first-order valence-corrected chi connectivity index (χ1v) is 7.65. The van der Waals surface area contributed by atoms with Crippen LogP contribution >= 0.6 is 11.8 Å². The molecule has 0 saturated carbocycles. The second-order valence-corrected chi connectivity index (χ2v) is 6.38. The van der Waals surface area contributed by atoms with Crippen LogP contribution in [0.3, 0.4) is 0 Å². The Kier molecular flexibility index (Phi) is 4.52. The second kappa shape index (κ2) is 5.92. The summed E-state index contributed by atoms with van der Waals surface area (Å²) in [6, 6.07) is 6.33. The number of thioether (sulfide) groups is 1. The Morgan fingerprint density at radius 3 is 2.59 bits per heavy atom. The molecule has 1 heterocycles. The van der Waals surface area contributed by atoms with E-state index in [0.717, 1.165) is 12.0 Å². The predicted molar refractivity (Wildman–Crippen MR) is 75.5 cm³/mol. The monoisotopic (exact) mass is 250 g/mol. The van der Waals surface area contributed by atoms with Gasteiger partial charge in [0.1, 0.15) is 0 Å². The molecule has 1 N–H and O–H groups in total. The van der Waals surface area contributed by atoms with Gasteiger partial charge < -0.3 is 5.11 Å². The van der Waals surface area contributed by atoms with Crippen molar-refractivity contribution >= 4 is 11.8 Å². The van der Waals surface area contributed by atoms with Crippen LogP contribution in [0.4, 0.5) is 0 Å². The summed E-state index contributed by atoms with van der Waals surface area (Å²) < 4.78 is 0. The largest absolute Gasteiger partial charge is 0.388 e. The van der Waals surface area contributed by atoms with E-state index >= 15 is 0 Å². The molecule has 1 aromatic carbocycles. The number of aliphatic hydroxyl groups is 1. The van der Waals surface area contributed by atoms with Gasteiger partial charge in [0.25, 0.3) is 0 Å². The normalized spacial score (nSPS) is 19.2. The van der Waals surface area contributed by atoms with Gasteiger partial charge in [0.15, 0.2) is 0 Å². The van der Waals surface area contributed by atoms with Crippen LogP contribution in [0, 0.1) is 19.8 Å². The van der Waals surface area contributed by atoms with Gasteiger partial charge in [0, 0.05) is 0 Å². The van der Waals surface area contributed by atoms with Crippen molar-refractivity contribution in [3.8, 4) is 0 Å². The van der Waals surface area contributed by atoms with Crippen molar-refractivity contribution in [1.29, 1.82) is 0 Å². The van der Waals surface area contributed by atoms with Crippen molar-refractivity contribution in [1.82, 2.24) is 0 Å². The van der Waals surface area contributed by atoms with E-state index in [-0.39, 0.29) is 6.10 Å². The molecule has 1 nitrogen and oxygen atoms in total. The van der Waals surface area contributed by atoms with E-state index in [2.05, 4.69) is 32.0 Å². The molecule has 1 aliphatic rings. The van der Waals surface area contributed by atoms with Crippen LogP contribution in [0.25, 0.3) is 0 Å². The molecular formula is C15H22OS. The lowest BCUT2D eigenvalue weighted by Crippen LogP contribution is -2.13. The first-order chi connectivity index (χ1) is 8.16. The van der Waals surface area contributed by atoms with Crippen LogP contribution in [0.15, 0.2) is 18.2 Å². The van der Waals surface area contributed by atoms with Gasteiger partial charge in [0.05, 0.1) is 6.10 Å². The zero-order valence-electron chi connectivity index (χ0n) is 10.8. The van der Waals surface area contributed by atoms with Gasteiger partial charge in [-0.05, 0) is 67.2 Å². The summed E-state index contributed by atoms with van der Waals surface area (Å²) in [6.07, 6.45) is 3.20. The summed E-state index contributed by atoms with van der Waals surface area (Å²) in [7, 11) is 0. The minimum Gasteiger partial charge on any atom is -0.388 e. The maximum absolute atomic E-state index is 10.3. The van der Waals surface area contributed by atoms with E-state index < -0.39 is 0 Å². The summed E-state index contributed by atoms with van der Waals surface area (Å²) in [5.74, 6) is 3.25. The molecule has 1 fully saturated rings. The average Bonchev–Trinajstić information content (AvgIpc) is 2.34. The second-order valence-electron chi connectivity index (χ2n) is 5.15. The Balaban J connectivity index is 1.98. The fourth-order valence-corrected chi connectivity index (χ4v) is 3.61. The van der Waals surface area contributed by atoms with E-state index in [0.29, 0.717) is 5.92 Å². The Morgan fingerprint density at radius 1 is 1.24 bits per heavy atom. The molecule has 0 amide bonds. The number of hydrogen-bond acceptors (Lipinski definition) is 2. The lowest BCUT2D eigenvalue weighted by Gasteiger charge is -2.24. The lowest BCUT2D eigenvalue weighted by atomic mass is 9.91. The highest BCUT2D eigenvalue weighted by molar-refractivity contribution is 7.99. The molecule has 1 saturated heterocycles. The lowest BCUT2D eigenvalue weighted by molar-refractivity contribution is 0.141. The maximum Gasteiger partial charge on any atom is 0.0792 e. The van der Waals surface area contributed by atoms with Crippen LogP contribution in [0.1, 0.15) is 42.1 Å². The number of rotatable bonds is 3. The van der Waals surface area contributed by atoms with Crippen molar-refractivity contribution in [2.45, 2.75) is 39.2 Å².